The summed E-state index contributed by atoms with van der Waals surface area (Å²) in [7, 11) is 0. The Labute approximate surface area is 154 Å². The summed E-state index contributed by atoms with van der Waals surface area (Å²) in [6, 6.07) is 18.4. The molecule has 0 radical (unpaired) electrons. The maximum absolute atomic E-state index is 11.6. The van der Waals surface area contributed by atoms with Gasteiger partial charge in [0.15, 0.2) is 0 Å². The summed E-state index contributed by atoms with van der Waals surface area (Å²) < 4.78 is 0. The normalized spacial score (nSPS) is 10.3. The van der Waals surface area contributed by atoms with Crippen molar-refractivity contribution in [1.29, 1.82) is 0 Å². The van der Waals surface area contributed by atoms with E-state index in [0.717, 1.165) is 22.9 Å². The third-order valence-electron chi connectivity index (χ3n) is 3.36. The first-order valence-electron chi connectivity index (χ1n) is 7.71. The Kier molecular flexibility index (Phi) is 5.55. The minimum Gasteiger partial charge on any atom is -0.351 e. The Hall–Kier alpha value is -3.26. The van der Waals surface area contributed by atoms with Crippen molar-refractivity contribution in [2.75, 3.05) is 5.75 Å². The number of nitrogens with zero attached hydrogens (tertiary/aromatic N) is 3. The summed E-state index contributed by atoms with van der Waals surface area (Å²) in [5.74, 6) is -0.553. The number of benzene rings is 2. The van der Waals surface area contributed by atoms with E-state index in [1.54, 1.807) is 0 Å². The molecule has 2 aromatic carbocycles. The molecule has 7 nitrogen and oxygen atoms in total. The average Bonchev–Trinajstić information content (AvgIpc) is 2.67. The Morgan fingerprint density at radius 1 is 0.885 bits per heavy atom. The van der Waals surface area contributed by atoms with Gasteiger partial charge in [-0.2, -0.15) is 0 Å². The highest BCUT2D eigenvalue weighted by atomic mass is 32.2. The quantitative estimate of drug-likeness (QED) is 0.672. The first-order valence-corrected chi connectivity index (χ1v) is 8.69. The molecule has 3 amide bonds. The molecule has 3 aromatic rings. The lowest BCUT2D eigenvalue weighted by Gasteiger charge is -2.09. The molecule has 8 heteroatoms. The number of hydrogen-bond acceptors (Lipinski definition) is 6. The predicted octanol–water partition coefficient (Wildman–Crippen LogP) is 2.49. The van der Waals surface area contributed by atoms with Gasteiger partial charge in [-0.1, -0.05) is 72.4 Å². The van der Waals surface area contributed by atoms with Crippen LogP contribution in [0.2, 0.25) is 0 Å². The van der Waals surface area contributed by atoms with E-state index in [0.29, 0.717) is 16.5 Å². The molecule has 130 valence electrons. The minimum absolute atomic E-state index is 0.0382. The molecule has 26 heavy (non-hydrogen) atoms. The maximum Gasteiger partial charge on any atom is 0.318 e. The van der Waals surface area contributed by atoms with Crippen LogP contribution >= 0.6 is 11.8 Å². The molecule has 0 spiro atoms. The van der Waals surface area contributed by atoms with Crippen LogP contribution in [0.25, 0.3) is 22.5 Å². The zero-order valence-electron chi connectivity index (χ0n) is 13.6. The third kappa shape index (κ3) is 4.42. The number of urea groups is 1. The van der Waals surface area contributed by atoms with E-state index in [1.807, 2.05) is 66.0 Å². The van der Waals surface area contributed by atoms with E-state index >= 15 is 0 Å². The molecule has 1 heterocycles. The number of hydrogen-bond donors (Lipinski definition) is 2. The van der Waals surface area contributed by atoms with E-state index in [4.69, 9.17) is 5.73 Å². The highest BCUT2D eigenvalue weighted by Gasteiger charge is 2.14. The largest absolute Gasteiger partial charge is 0.351 e. The van der Waals surface area contributed by atoms with Crippen molar-refractivity contribution in [2.45, 2.75) is 5.16 Å². The standard InChI is InChI=1S/C18H15N5O2S/c19-17(25)20-14(24)11-26-18-21-15(12-7-3-1-4-8-12)16(22-23-18)13-9-5-2-6-10-13/h1-10H,11H2,(H3,19,20,24,25). The van der Waals surface area contributed by atoms with Crippen molar-refractivity contribution in [3.8, 4) is 22.5 Å². The summed E-state index contributed by atoms with van der Waals surface area (Å²) >= 11 is 1.08. The Bertz CT molecular complexity index is 919. The summed E-state index contributed by atoms with van der Waals surface area (Å²) in [4.78, 5) is 26.8. The zero-order valence-corrected chi connectivity index (χ0v) is 14.4. The van der Waals surface area contributed by atoms with Crippen molar-refractivity contribution in [3.05, 3.63) is 60.7 Å². The van der Waals surface area contributed by atoms with Crippen LogP contribution in [-0.2, 0) is 4.79 Å². The van der Waals surface area contributed by atoms with Crippen molar-refractivity contribution in [1.82, 2.24) is 20.5 Å². The van der Waals surface area contributed by atoms with E-state index in [9.17, 15) is 9.59 Å². The molecule has 0 fully saturated rings. The van der Waals surface area contributed by atoms with Crippen molar-refractivity contribution < 1.29 is 9.59 Å². The average molecular weight is 365 g/mol. The van der Waals surface area contributed by atoms with Gasteiger partial charge in [0, 0.05) is 11.1 Å². The molecule has 0 atom stereocenters. The smallest absolute Gasteiger partial charge is 0.318 e. The number of carbonyl (C=O) groups excluding carboxylic acids is 2. The van der Waals surface area contributed by atoms with Crippen molar-refractivity contribution in [3.63, 3.8) is 0 Å². The summed E-state index contributed by atoms with van der Waals surface area (Å²) in [6.45, 7) is 0. The molecule has 1 aromatic heterocycles. The molecule has 3 N–H and O–H groups in total. The first kappa shape index (κ1) is 17.6. The van der Waals surface area contributed by atoms with Gasteiger partial charge >= 0.3 is 6.03 Å². The van der Waals surface area contributed by atoms with Crippen LogP contribution in [0.4, 0.5) is 4.79 Å². The van der Waals surface area contributed by atoms with Gasteiger partial charge in [-0.25, -0.2) is 9.78 Å². The number of carbonyl (C=O) groups is 2. The zero-order chi connectivity index (χ0) is 18.4. The number of primary amides is 1. The lowest BCUT2D eigenvalue weighted by molar-refractivity contribution is -0.117. The predicted molar refractivity (Wildman–Crippen MR) is 99.1 cm³/mol. The highest BCUT2D eigenvalue weighted by molar-refractivity contribution is 7.99. The van der Waals surface area contributed by atoms with Crippen LogP contribution in [0.5, 0.6) is 0 Å². The van der Waals surface area contributed by atoms with E-state index in [2.05, 4.69) is 15.2 Å². The molecule has 0 aliphatic carbocycles. The molecule has 0 unspecified atom stereocenters. The second-order valence-corrected chi connectivity index (χ2v) is 6.17. The number of amides is 3. The van der Waals surface area contributed by atoms with Crippen LogP contribution in [0, 0.1) is 0 Å². The summed E-state index contributed by atoms with van der Waals surface area (Å²) in [6.07, 6.45) is 0. The number of thioether (sulfide) groups is 1. The van der Waals surface area contributed by atoms with Crippen molar-refractivity contribution in [2.24, 2.45) is 5.73 Å². The minimum atomic E-state index is -0.890. The van der Waals surface area contributed by atoms with Gasteiger partial charge < -0.3 is 5.73 Å². The van der Waals surface area contributed by atoms with Crippen LogP contribution in [0.15, 0.2) is 65.8 Å². The second-order valence-electron chi connectivity index (χ2n) is 5.22. The molecule has 0 aliphatic rings. The lowest BCUT2D eigenvalue weighted by atomic mass is 10.0. The Balaban J connectivity index is 1.92. The number of rotatable bonds is 5. The molecule has 0 saturated carbocycles. The highest BCUT2D eigenvalue weighted by Crippen LogP contribution is 2.29. The molecular formula is C18H15N5O2S. The van der Waals surface area contributed by atoms with E-state index < -0.39 is 11.9 Å². The lowest BCUT2D eigenvalue weighted by Crippen LogP contribution is -2.36. The number of aromatic nitrogens is 3. The summed E-state index contributed by atoms with van der Waals surface area (Å²) in [5.41, 5.74) is 8.04. The fraction of sp³-hybridized carbons (Fsp3) is 0.0556. The first-order chi connectivity index (χ1) is 12.6. The third-order valence-corrected chi connectivity index (χ3v) is 4.19. The van der Waals surface area contributed by atoms with Crippen LogP contribution in [-0.4, -0.2) is 32.9 Å². The van der Waals surface area contributed by atoms with Crippen LogP contribution in [0.1, 0.15) is 0 Å². The molecule has 0 bridgehead atoms. The van der Waals surface area contributed by atoms with E-state index in [1.165, 1.54) is 0 Å². The topological polar surface area (TPSA) is 111 Å². The Morgan fingerprint density at radius 3 is 2.04 bits per heavy atom. The molecule has 0 saturated heterocycles. The fourth-order valence-corrected chi connectivity index (χ4v) is 2.85. The van der Waals surface area contributed by atoms with Gasteiger partial charge in [-0.15, -0.1) is 10.2 Å². The van der Waals surface area contributed by atoms with Gasteiger partial charge in [0.1, 0.15) is 11.4 Å². The fourth-order valence-electron chi connectivity index (χ4n) is 2.26. The monoisotopic (exact) mass is 365 g/mol. The van der Waals surface area contributed by atoms with Gasteiger partial charge in [-0.05, 0) is 0 Å². The summed E-state index contributed by atoms with van der Waals surface area (Å²) in [5, 5.41) is 10.7. The van der Waals surface area contributed by atoms with Gasteiger partial charge in [-0.3, -0.25) is 10.1 Å². The molecule has 0 aliphatic heterocycles. The second kappa shape index (κ2) is 8.21. The van der Waals surface area contributed by atoms with Crippen LogP contribution < -0.4 is 11.1 Å². The van der Waals surface area contributed by atoms with Crippen LogP contribution in [0.3, 0.4) is 0 Å². The van der Waals surface area contributed by atoms with Gasteiger partial charge in [0.2, 0.25) is 11.1 Å². The number of imide groups is 1. The SMILES string of the molecule is NC(=O)NC(=O)CSc1nnc(-c2ccccc2)c(-c2ccccc2)n1. The van der Waals surface area contributed by atoms with Gasteiger partial charge in [0.05, 0.1) is 5.75 Å². The number of nitrogens with one attached hydrogen (secondary N) is 1. The molecular weight excluding hydrogens is 350 g/mol. The van der Waals surface area contributed by atoms with E-state index in [-0.39, 0.29) is 5.75 Å². The molecule has 3 rings (SSSR count). The number of nitrogens with two attached hydrogens (primary N) is 1. The maximum atomic E-state index is 11.6. The Morgan fingerprint density at radius 2 is 1.46 bits per heavy atom. The van der Waals surface area contributed by atoms with Gasteiger partial charge in [0.25, 0.3) is 0 Å². The van der Waals surface area contributed by atoms with Crippen molar-refractivity contribution >= 4 is 23.7 Å².